The highest BCUT2D eigenvalue weighted by molar-refractivity contribution is 9.10. The Morgan fingerprint density at radius 3 is 2.63 bits per heavy atom. The van der Waals surface area contributed by atoms with E-state index in [1.54, 1.807) is 12.1 Å². The molecule has 19 heavy (non-hydrogen) atoms. The van der Waals surface area contributed by atoms with Crippen molar-refractivity contribution in [2.75, 3.05) is 11.4 Å². The van der Waals surface area contributed by atoms with E-state index < -0.39 is 29.8 Å². The van der Waals surface area contributed by atoms with Gasteiger partial charge in [0.15, 0.2) is 5.60 Å². The molecule has 1 aromatic rings. The number of halogens is 1. The Kier molecular flexibility index (Phi) is 3.19. The Morgan fingerprint density at radius 2 is 2.05 bits per heavy atom. The summed E-state index contributed by atoms with van der Waals surface area (Å²) in [5.74, 6) is -3.02. The van der Waals surface area contributed by atoms with Gasteiger partial charge in [0.1, 0.15) is 0 Å². The molecule has 0 fully saturated rings. The molecular weight excluding hydrogens is 318 g/mol. The molecule has 0 spiro atoms. The fraction of sp³-hybridized carbons (Fsp3) is 0.250. The first-order valence-electron chi connectivity index (χ1n) is 5.36. The van der Waals surface area contributed by atoms with Crippen LogP contribution in [-0.2, 0) is 9.59 Å². The summed E-state index contributed by atoms with van der Waals surface area (Å²) >= 11 is 3.17. The normalized spacial score (nSPS) is 17.3. The van der Waals surface area contributed by atoms with E-state index in [4.69, 9.17) is 5.11 Å². The molecule has 0 saturated heterocycles. The van der Waals surface area contributed by atoms with Crippen molar-refractivity contribution in [2.24, 2.45) is 0 Å². The highest BCUT2D eigenvalue weighted by Gasteiger charge is 2.42. The number of nitrogens with zero attached hydrogens (tertiary/aromatic N) is 1. The molecule has 1 aromatic carbocycles. The molecule has 1 unspecified atom stereocenters. The summed E-state index contributed by atoms with van der Waals surface area (Å²) in [4.78, 5) is 35.6. The zero-order chi connectivity index (χ0) is 14.4. The number of aliphatic carboxylic acids is 1. The molecule has 0 saturated carbocycles. The fourth-order valence-corrected chi connectivity index (χ4v) is 2.37. The quantitative estimate of drug-likeness (QED) is 0.801. The highest BCUT2D eigenvalue weighted by Crippen LogP contribution is 2.35. The minimum Gasteiger partial charge on any atom is -0.479 e. The maximum atomic E-state index is 11.9. The summed E-state index contributed by atoms with van der Waals surface area (Å²) in [7, 11) is 0. The average Bonchev–Trinajstić information content (AvgIpc) is 2.55. The maximum absolute atomic E-state index is 11.9. The van der Waals surface area contributed by atoms with Gasteiger partial charge in [0.05, 0.1) is 17.8 Å². The number of aliphatic hydroxyl groups is 1. The van der Waals surface area contributed by atoms with Crippen molar-refractivity contribution < 1.29 is 24.6 Å². The zero-order valence-corrected chi connectivity index (χ0v) is 11.5. The summed E-state index contributed by atoms with van der Waals surface area (Å²) in [6, 6.07) is 4.76. The van der Waals surface area contributed by atoms with Crippen LogP contribution in [0.2, 0.25) is 0 Å². The van der Waals surface area contributed by atoms with Crippen molar-refractivity contribution in [3.63, 3.8) is 0 Å². The van der Waals surface area contributed by atoms with Crippen molar-refractivity contribution >= 4 is 39.3 Å². The number of carbonyl (C=O) groups excluding carboxylic acids is 2. The van der Waals surface area contributed by atoms with E-state index in [0.29, 0.717) is 10.2 Å². The van der Waals surface area contributed by atoms with E-state index in [0.717, 1.165) is 11.8 Å². The van der Waals surface area contributed by atoms with Gasteiger partial charge in [-0.2, -0.15) is 0 Å². The molecule has 0 aromatic heterocycles. The van der Waals surface area contributed by atoms with Crippen LogP contribution >= 0.6 is 15.9 Å². The van der Waals surface area contributed by atoms with Crippen molar-refractivity contribution in [1.29, 1.82) is 0 Å². The standard InChI is InChI=1S/C12H10BrNO5/c1-12(19,11(17)18)5-14-7-4-2-3-6(13)8(7)9(15)10(14)16/h2-4,19H,5H2,1H3,(H,17,18). The number of β-amino-alcohol motifs (C(OH)–C–C–N with tert-alkyl or cyclic N) is 1. The second-order valence-corrected chi connectivity index (χ2v) is 5.29. The molecule has 0 bridgehead atoms. The number of Topliss-reactive ketones (excluding diaryl/α,β-unsaturated/α-hetero) is 1. The molecule has 1 atom stereocenters. The number of benzene rings is 1. The predicted octanol–water partition coefficient (Wildman–Crippen LogP) is 0.814. The molecule has 1 heterocycles. The molecule has 1 amide bonds. The van der Waals surface area contributed by atoms with Crippen molar-refractivity contribution in [2.45, 2.75) is 12.5 Å². The molecule has 6 nitrogen and oxygen atoms in total. The third-order valence-electron chi connectivity index (χ3n) is 2.88. The largest absolute Gasteiger partial charge is 0.479 e. The number of ketones is 1. The summed E-state index contributed by atoms with van der Waals surface area (Å²) in [5.41, 5.74) is -1.64. The van der Waals surface area contributed by atoms with E-state index in [2.05, 4.69) is 15.9 Å². The number of hydrogen-bond acceptors (Lipinski definition) is 4. The maximum Gasteiger partial charge on any atom is 0.337 e. The van der Waals surface area contributed by atoms with Crippen LogP contribution in [0.3, 0.4) is 0 Å². The first-order chi connectivity index (χ1) is 8.75. The topological polar surface area (TPSA) is 94.9 Å². The van der Waals surface area contributed by atoms with Crippen LogP contribution in [0.1, 0.15) is 17.3 Å². The van der Waals surface area contributed by atoms with Gasteiger partial charge in [-0.25, -0.2) is 4.79 Å². The highest BCUT2D eigenvalue weighted by atomic mass is 79.9. The van der Waals surface area contributed by atoms with Gasteiger partial charge in [0.25, 0.3) is 11.7 Å². The van der Waals surface area contributed by atoms with Crippen molar-refractivity contribution in [1.82, 2.24) is 0 Å². The van der Waals surface area contributed by atoms with Gasteiger partial charge in [-0.15, -0.1) is 0 Å². The predicted molar refractivity (Wildman–Crippen MR) is 69.1 cm³/mol. The Bertz CT molecular complexity index is 596. The average molecular weight is 328 g/mol. The lowest BCUT2D eigenvalue weighted by Gasteiger charge is -2.25. The summed E-state index contributed by atoms with van der Waals surface area (Å²) < 4.78 is 0.459. The van der Waals surface area contributed by atoms with Crippen molar-refractivity contribution in [3.05, 3.63) is 28.2 Å². The lowest BCUT2D eigenvalue weighted by Crippen LogP contribution is -2.48. The van der Waals surface area contributed by atoms with Crippen LogP contribution in [0.15, 0.2) is 22.7 Å². The van der Waals surface area contributed by atoms with E-state index in [1.807, 2.05) is 0 Å². The van der Waals surface area contributed by atoms with E-state index in [1.165, 1.54) is 6.07 Å². The first kappa shape index (κ1) is 13.7. The van der Waals surface area contributed by atoms with Crippen LogP contribution < -0.4 is 4.90 Å². The van der Waals surface area contributed by atoms with E-state index in [-0.39, 0.29) is 5.56 Å². The third-order valence-corrected chi connectivity index (χ3v) is 3.54. The molecular formula is C12H10BrNO5. The lowest BCUT2D eigenvalue weighted by molar-refractivity contribution is -0.155. The number of anilines is 1. The second-order valence-electron chi connectivity index (χ2n) is 4.43. The Hall–Kier alpha value is -1.73. The molecule has 0 aliphatic carbocycles. The van der Waals surface area contributed by atoms with Crippen molar-refractivity contribution in [3.8, 4) is 0 Å². The van der Waals surface area contributed by atoms with Gasteiger partial charge in [-0.3, -0.25) is 9.59 Å². The van der Waals surface area contributed by atoms with Gasteiger partial charge in [0, 0.05) is 4.47 Å². The zero-order valence-electron chi connectivity index (χ0n) is 9.88. The van der Waals surface area contributed by atoms with E-state index in [9.17, 15) is 19.5 Å². The fourth-order valence-electron chi connectivity index (χ4n) is 1.83. The molecule has 1 aliphatic rings. The number of amides is 1. The molecule has 1 aliphatic heterocycles. The number of fused-ring (bicyclic) bond motifs is 1. The molecule has 0 radical (unpaired) electrons. The Labute approximate surface area is 116 Å². The minimum atomic E-state index is -2.13. The summed E-state index contributed by atoms with van der Waals surface area (Å²) in [6.07, 6.45) is 0. The number of hydrogen-bond donors (Lipinski definition) is 2. The monoisotopic (exact) mass is 327 g/mol. The molecule has 100 valence electrons. The van der Waals surface area contributed by atoms with Gasteiger partial charge in [-0.05, 0) is 35.0 Å². The third kappa shape index (κ3) is 2.15. The number of carboxylic acid groups (broad SMARTS) is 1. The lowest BCUT2D eigenvalue weighted by atomic mass is 10.1. The molecule has 2 N–H and O–H groups in total. The van der Waals surface area contributed by atoms with E-state index >= 15 is 0 Å². The van der Waals surface area contributed by atoms with Crippen LogP contribution in [-0.4, -0.2) is 40.0 Å². The SMILES string of the molecule is CC(O)(CN1C(=O)C(=O)c2c(Br)cccc21)C(=O)O. The summed E-state index contributed by atoms with van der Waals surface area (Å²) in [5, 5.41) is 18.6. The van der Waals surface area contributed by atoms with Crippen LogP contribution in [0.25, 0.3) is 0 Å². The smallest absolute Gasteiger partial charge is 0.337 e. The van der Waals surface area contributed by atoms with Gasteiger partial charge < -0.3 is 15.1 Å². The van der Waals surface area contributed by atoms with Crippen LogP contribution in [0, 0.1) is 0 Å². The minimum absolute atomic E-state index is 0.189. The second kappa shape index (κ2) is 4.43. The number of rotatable bonds is 3. The Morgan fingerprint density at radius 1 is 1.42 bits per heavy atom. The number of carbonyl (C=O) groups is 3. The molecule has 7 heteroatoms. The van der Waals surface area contributed by atoms with Gasteiger partial charge in [-0.1, -0.05) is 6.07 Å². The molecule has 2 rings (SSSR count). The first-order valence-corrected chi connectivity index (χ1v) is 6.15. The number of carboxylic acids is 1. The van der Waals surface area contributed by atoms with Crippen LogP contribution in [0.4, 0.5) is 5.69 Å². The Balaban J connectivity index is 2.45. The summed E-state index contributed by atoms with van der Waals surface area (Å²) in [6.45, 7) is 0.583. The van der Waals surface area contributed by atoms with Gasteiger partial charge in [0.2, 0.25) is 0 Å². The van der Waals surface area contributed by atoms with Crippen LogP contribution in [0.5, 0.6) is 0 Å². The van der Waals surface area contributed by atoms with Gasteiger partial charge >= 0.3 is 5.97 Å².